The van der Waals surface area contributed by atoms with Crippen LogP contribution in [0, 0.1) is 28.6 Å². The van der Waals surface area contributed by atoms with Crippen molar-refractivity contribution in [1.82, 2.24) is 20.9 Å². The molecule has 3 aliphatic carbocycles. The van der Waals surface area contributed by atoms with Gasteiger partial charge in [0.1, 0.15) is 12.1 Å². The van der Waals surface area contributed by atoms with Crippen molar-refractivity contribution >= 4 is 29.5 Å². The van der Waals surface area contributed by atoms with Crippen molar-refractivity contribution in [2.45, 2.75) is 110 Å². The highest BCUT2D eigenvalue weighted by atomic mass is 16.2. The second-order valence-corrected chi connectivity index (χ2v) is 15.6. The Kier molecular flexibility index (Phi) is 8.59. The van der Waals surface area contributed by atoms with Crippen molar-refractivity contribution in [1.29, 1.82) is 0 Å². The first kappa shape index (κ1) is 32.0. The van der Waals surface area contributed by atoms with Gasteiger partial charge in [0, 0.05) is 12.1 Å². The van der Waals surface area contributed by atoms with E-state index in [0.717, 1.165) is 44.1 Å². The van der Waals surface area contributed by atoms with Crippen LogP contribution >= 0.6 is 0 Å². The number of carbonyl (C=O) groups excluding carboxylic acids is 5. The molecule has 1 aromatic rings. The number of hydrogen-bond donors (Lipinski definition) is 4. The van der Waals surface area contributed by atoms with Gasteiger partial charge in [0.2, 0.25) is 17.6 Å². The molecule has 44 heavy (non-hydrogen) atoms. The van der Waals surface area contributed by atoms with Gasteiger partial charge in [-0.05, 0) is 72.7 Å². The smallest absolute Gasteiger partial charge is 0.315 e. The fraction of sp³-hybridized carbons (Fsp3) is 0.676. The molecule has 3 saturated carbocycles. The zero-order valence-electron chi connectivity index (χ0n) is 26.8. The van der Waals surface area contributed by atoms with E-state index >= 15 is 0 Å². The summed E-state index contributed by atoms with van der Waals surface area (Å²) < 4.78 is 0. The van der Waals surface area contributed by atoms with E-state index in [4.69, 9.17) is 5.73 Å². The molecule has 10 nitrogen and oxygen atoms in total. The molecule has 1 aliphatic heterocycles. The monoisotopic (exact) mass is 607 g/mol. The van der Waals surface area contributed by atoms with Gasteiger partial charge < -0.3 is 26.6 Å². The Bertz CT molecular complexity index is 1300. The number of amides is 5. The molecule has 1 unspecified atom stereocenters. The molecular formula is C34H49N5O5. The number of benzene rings is 1. The summed E-state index contributed by atoms with van der Waals surface area (Å²) in [4.78, 5) is 67.9. The van der Waals surface area contributed by atoms with Crippen LogP contribution in [0.1, 0.15) is 85.1 Å². The molecule has 10 heteroatoms. The standard InChI is InChI=1S/C34H49N5O5/c1-32(2,3)27(37-31(44)38-34(14-9-15-34)17-21-10-7-6-8-11-21)30(43)39-19-22-18-33(4,5)24(22)25(39)29(42)36-23(16-20-12-13-20)26(40)28(35)41/h6-8,10-11,20,22-25,27H,9,12-19H2,1-5H3,(H2,35,41)(H,36,42)(H2,37,38,44)/t22-,23?,24-,25-,27+/m0/s1. The number of primary amides is 1. The topological polar surface area (TPSA) is 151 Å². The highest BCUT2D eigenvalue weighted by Gasteiger charge is 2.61. The number of rotatable bonds is 11. The first-order valence-electron chi connectivity index (χ1n) is 16.2. The van der Waals surface area contributed by atoms with E-state index < -0.39 is 47.2 Å². The minimum atomic E-state index is -1.07. The van der Waals surface area contributed by atoms with Crippen molar-refractivity contribution in [2.75, 3.05) is 6.54 Å². The summed E-state index contributed by atoms with van der Waals surface area (Å²) >= 11 is 0. The van der Waals surface area contributed by atoms with Crippen molar-refractivity contribution in [3.63, 3.8) is 0 Å². The predicted octanol–water partition coefficient (Wildman–Crippen LogP) is 3.08. The van der Waals surface area contributed by atoms with Gasteiger partial charge in [0.05, 0.1) is 6.04 Å². The molecule has 1 heterocycles. The van der Waals surface area contributed by atoms with Crippen molar-refractivity contribution in [2.24, 2.45) is 34.3 Å². The maximum atomic E-state index is 14.4. The normalized spacial score (nSPS) is 26.2. The van der Waals surface area contributed by atoms with Gasteiger partial charge in [-0.1, -0.05) is 77.8 Å². The number of fused-ring (bicyclic) bond motifs is 1. The summed E-state index contributed by atoms with van der Waals surface area (Å²) in [6.45, 7) is 10.3. The van der Waals surface area contributed by atoms with Crippen LogP contribution < -0.4 is 21.7 Å². The van der Waals surface area contributed by atoms with Crippen molar-refractivity contribution in [3.8, 4) is 0 Å². The summed E-state index contributed by atoms with van der Waals surface area (Å²) in [6, 6.07) is 6.97. The second-order valence-electron chi connectivity index (χ2n) is 15.6. The summed E-state index contributed by atoms with van der Waals surface area (Å²) in [6.07, 6.45) is 6.59. The van der Waals surface area contributed by atoms with Gasteiger partial charge in [0.15, 0.2) is 0 Å². The van der Waals surface area contributed by atoms with Crippen LogP contribution in [0.5, 0.6) is 0 Å². The second kappa shape index (κ2) is 11.8. The largest absolute Gasteiger partial charge is 0.363 e. The third kappa shape index (κ3) is 6.64. The first-order chi connectivity index (χ1) is 20.6. The molecule has 4 fully saturated rings. The fourth-order valence-electron chi connectivity index (χ4n) is 7.88. The fourth-order valence-corrected chi connectivity index (χ4v) is 7.88. The lowest BCUT2D eigenvalue weighted by molar-refractivity contribution is -0.145. The Balaban J connectivity index is 1.34. The van der Waals surface area contributed by atoms with Crippen LogP contribution in [0.3, 0.4) is 0 Å². The molecule has 0 bridgehead atoms. The zero-order chi connectivity index (χ0) is 32.0. The minimum absolute atomic E-state index is 0.102. The van der Waals surface area contributed by atoms with Crippen LogP contribution in [0.25, 0.3) is 0 Å². The van der Waals surface area contributed by atoms with E-state index in [9.17, 15) is 24.0 Å². The molecule has 0 radical (unpaired) electrons. The molecule has 0 aromatic heterocycles. The Hall–Kier alpha value is -3.43. The van der Waals surface area contributed by atoms with Gasteiger partial charge >= 0.3 is 6.03 Å². The van der Waals surface area contributed by atoms with Crippen molar-refractivity contribution in [3.05, 3.63) is 35.9 Å². The lowest BCUT2D eigenvalue weighted by Gasteiger charge is -2.49. The quantitative estimate of drug-likeness (QED) is 0.285. The molecule has 4 aliphatic rings. The van der Waals surface area contributed by atoms with E-state index in [1.165, 1.54) is 0 Å². The van der Waals surface area contributed by atoms with Gasteiger partial charge in [-0.3, -0.25) is 19.2 Å². The Morgan fingerprint density at radius 1 is 1.02 bits per heavy atom. The summed E-state index contributed by atoms with van der Waals surface area (Å²) in [5.41, 5.74) is 5.29. The van der Waals surface area contributed by atoms with E-state index in [0.29, 0.717) is 19.4 Å². The molecule has 5 N–H and O–H groups in total. The maximum absolute atomic E-state index is 14.4. The lowest BCUT2D eigenvalue weighted by atomic mass is 9.55. The maximum Gasteiger partial charge on any atom is 0.315 e. The van der Waals surface area contributed by atoms with Crippen LogP contribution in [-0.2, 0) is 25.6 Å². The highest BCUT2D eigenvalue weighted by Crippen LogP contribution is 2.57. The predicted molar refractivity (Wildman–Crippen MR) is 166 cm³/mol. The SMILES string of the molecule is CC(C)(C)[C@H](NC(=O)NC1(Cc2ccccc2)CCC1)C(=O)N1C[C@@H]2CC(C)(C)[C@@H]2[C@H]1C(=O)NC(CC1CC1)C(=O)C(N)=O. The summed E-state index contributed by atoms with van der Waals surface area (Å²) in [7, 11) is 0. The zero-order valence-corrected chi connectivity index (χ0v) is 26.8. The molecule has 1 aromatic carbocycles. The molecule has 1 saturated heterocycles. The minimum Gasteiger partial charge on any atom is -0.363 e. The summed E-state index contributed by atoms with van der Waals surface area (Å²) in [5, 5.41) is 9.01. The van der Waals surface area contributed by atoms with E-state index in [-0.39, 0.29) is 34.6 Å². The van der Waals surface area contributed by atoms with Crippen LogP contribution in [-0.4, -0.2) is 64.6 Å². The van der Waals surface area contributed by atoms with Gasteiger partial charge in [-0.25, -0.2) is 4.79 Å². The molecule has 5 atom stereocenters. The van der Waals surface area contributed by atoms with E-state index in [2.05, 4.69) is 41.9 Å². The average Bonchev–Trinajstić information content (AvgIpc) is 3.67. The van der Waals surface area contributed by atoms with E-state index in [1.807, 2.05) is 39.0 Å². The Labute approximate surface area is 260 Å². The molecule has 5 rings (SSSR count). The molecule has 5 amide bonds. The average molecular weight is 608 g/mol. The molecular weight excluding hydrogens is 558 g/mol. The number of urea groups is 1. The number of likely N-dealkylation sites (tertiary alicyclic amines) is 1. The van der Waals surface area contributed by atoms with Gasteiger partial charge in [-0.15, -0.1) is 0 Å². The van der Waals surface area contributed by atoms with Crippen LogP contribution in [0.4, 0.5) is 4.79 Å². The highest BCUT2D eigenvalue weighted by molar-refractivity contribution is 6.37. The van der Waals surface area contributed by atoms with Gasteiger partial charge in [0.25, 0.3) is 5.91 Å². The number of carbonyl (C=O) groups is 5. The number of nitrogens with one attached hydrogen (secondary N) is 3. The van der Waals surface area contributed by atoms with Crippen molar-refractivity contribution < 1.29 is 24.0 Å². The summed E-state index contributed by atoms with van der Waals surface area (Å²) in [5.74, 6) is -2.33. The number of hydrogen-bond acceptors (Lipinski definition) is 5. The number of nitrogens with zero attached hydrogens (tertiary/aromatic N) is 1. The first-order valence-corrected chi connectivity index (χ1v) is 16.2. The number of Topliss-reactive ketones (excluding diaryl/α,β-unsaturated/α-hetero) is 1. The van der Waals surface area contributed by atoms with E-state index in [1.54, 1.807) is 4.90 Å². The number of ketones is 1. The van der Waals surface area contributed by atoms with Gasteiger partial charge in [-0.2, -0.15) is 0 Å². The Morgan fingerprint density at radius 3 is 2.20 bits per heavy atom. The molecule has 240 valence electrons. The Morgan fingerprint density at radius 2 is 1.68 bits per heavy atom. The number of nitrogens with two attached hydrogens (primary N) is 1. The third-order valence-electron chi connectivity index (χ3n) is 10.5. The third-order valence-corrected chi connectivity index (χ3v) is 10.5. The van der Waals surface area contributed by atoms with Crippen LogP contribution in [0.2, 0.25) is 0 Å². The molecule has 0 spiro atoms. The lowest BCUT2D eigenvalue weighted by Crippen LogP contribution is -2.64. The van der Waals surface area contributed by atoms with Crippen LogP contribution in [0.15, 0.2) is 30.3 Å².